The molecule has 72 valence electrons. The number of carbonyl (C=O) groups excluding carboxylic acids is 1. The molecule has 1 aromatic rings. The zero-order valence-electron chi connectivity index (χ0n) is 7.34. The van der Waals surface area contributed by atoms with Crippen LogP contribution in [0.4, 0.5) is 0 Å². The Kier molecular flexibility index (Phi) is 2.62. The lowest BCUT2D eigenvalue weighted by Gasteiger charge is -2.08. The monoisotopic (exact) mass is 226 g/mol. The lowest BCUT2D eigenvalue weighted by Crippen LogP contribution is -2.04. The predicted molar refractivity (Wildman–Crippen MR) is 57.8 cm³/mol. The van der Waals surface area contributed by atoms with Crippen molar-refractivity contribution in [2.75, 3.05) is 0 Å². The quantitative estimate of drug-likeness (QED) is 0.717. The van der Waals surface area contributed by atoms with Gasteiger partial charge >= 0.3 is 0 Å². The standard InChI is InChI=1S/C11H8Cl2O/c12-8-3-1-2-7(4-8)10-5-9(13)6-11(10)14/h1-4,6,10H,5H2. The smallest absolute Gasteiger partial charge is 0.164 e. The van der Waals surface area contributed by atoms with E-state index in [1.807, 2.05) is 18.2 Å². The molecule has 14 heavy (non-hydrogen) atoms. The van der Waals surface area contributed by atoms with Crippen LogP contribution >= 0.6 is 23.2 Å². The van der Waals surface area contributed by atoms with Crippen molar-refractivity contribution in [2.45, 2.75) is 12.3 Å². The lowest BCUT2D eigenvalue weighted by atomic mass is 9.96. The largest absolute Gasteiger partial charge is 0.294 e. The molecule has 0 bridgehead atoms. The van der Waals surface area contributed by atoms with Gasteiger partial charge in [0.15, 0.2) is 5.78 Å². The van der Waals surface area contributed by atoms with Crippen molar-refractivity contribution in [3.8, 4) is 0 Å². The second-order valence-corrected chi connectivity index (χ2v) is 4.23. The minimum Gasteiger partial charge on any atom is -0.294 e. The van der Waals surface area contributed by atoms with E-state index in [1.54, 1.807) is 6.07 Å². The maximum Gasteiger partial charge on any atom is 0.164 e. The minimum absolute atomic E-state index is 0.0669. The summed E-state index contributed by atoms with van der Waals surface area (Å²) in [7, 11) is 0. The number of halogens is 2. The first-order valence-electron chi connectivity index (χ1n) is 4.32. The van der Waals surface area contributed by atoms with Crippen LogP contribution in [0.15, 0.2) is 35.4 Å². The molecule has 1 nitrogen and oxygen atoms in total. The van der Waals surface area contributed by atoms with Crippen molar-refractivity contribution >= 4 is 29.0 Å². The number of carbonyl (C=O) groups is 1. The SMILES string of the molecule is O=C1C=C(Cl)CC1c1cccc(Cl)c1. The number of benzene rings is 1. The van der Waals surface area contributed by atoms with E-state index in [-0.39, 0.29) is 11.7 Å². The Morgan fingerprint density at radius 2 is 2.07 bits per heavy atom. The molecule has 1 unspecified atom stereocenters. The zero-order chi connectivity index (χ0) is 10.1. The van der Waals surface area contributed by atoms with Crippen LogP contribution in [0.1, 0.15) is 17.9 Å². The van der Waals surface area contributed by atoms with Crippen LogP contribution in [0.25, 0.3) is 0 Å². The molecule has 0 aliphatic heterocycles. The fourth-order valence-corrected chi connectivity index (χ4v) is 2.08. The van der Waals surface area contributed by atoms with E-state index in [9.17, 15) is 4.79 Å². The molecule has 3 heteroatoms. The molecule has 1 aliphatic carbocycles. The molecule has 1 atom stereocenters. The molecule has 1 aromatic carbocycles. The fourth-order valence-electron chi connectivity index (χ4n) is 1.61. The Morgan fingerprint density at radius 1 is 1.29 bits per heavy atom. The second kappa shape index (κ2) is 3.76. The number of rotatable bonds is 1. The Hall–Kier alpha value is -0.790. The summed E-state index contributed by atoms with van der Waals surface area (Å²) in [5.41, 5.74) is 0.939. The van der Waals surface area contributed by atoms with Crippen LogP contribution in [0, 0.1) is 0 Å². The van der Waals surface area contributed by atoms with E-state index in [0.717, 1.165) is 5.56 Å². The highest BCUT2D eigenvalue weighted by molar-refractivity contribution is 6.33. The van der Waals surface area contributed by atoms with Crippen LogP contribution in [-0.2, 0) is 4.79 Å². The van der Waals surface area contributed by atoms with Gasteiger partial charge in [-0.05, 0) is 30.2 Å². The van der Waals surface area contributed by atoms with Crippen molar-refractivity contribution < 1.29 is 4.79 Å². The van der Waals surface area contributed by atoms with Gasteiger partial charge in [0.25, 0.3) is 0 Å². The van der Waals surface area contributed by atoms with Crippen molar-refractivity contribution in [3.63, 3.8) is 0 Å². The Morgan fingerprint density at radius 3 is 2.64 bits per heavy atom. The van der Waals surface area contributed by atoms with Crippen molar-refractivity contribution in [1.82, 2.24) is 0 Å². The number of ketones is 1. The molecule has 0 saturated carbocycles. The van der Waals surface area contributed by atoms with E-state index in [2.05, 4.69) is 0 Å². The fraction of sp³-hybridized carbons (Fsp3) is 0.182. The normalized spacial score (nSPS) is 21.1. The van der Waals surface area contributed by atoms with Gasteiger partial charge in [0.05, 0.1) is 5.92 Å². The number of hydrogen-bond donors (Lipinski definition) is 0. The summed E-state index contributed by atoms with van der Waals surface area (Å²) in [5.74, 6) is -0.0709. The Balaban J connectivity index is 2.30. The van der Waals surface area contributed by atoms with Crippen LogP contribution in [0.5, 0.6) is 0 Å². The Bertz CT molecular complexity index is 410. The molecule has 0 amide bonds. The zero-order valence-corrected chi connectivity index (χ0v) is 8.85. The molecule has 0 spiro atoms. The summed E-state index contributed by atoms with van der Waals surface area (Å²) in [6.45, 7) is 0. The highest BCUT2D eigenvalue weighted by atomic mass is 35.5. The van der Waals surface area contributed by atoms with Gasteiger partial charge in [0.2, 0.25) is 0 Å². The van der Waals surface area contributed by atoms with Gasteiger partial charge in [-0.3, -0.25) is 4.79 Å². The first-order chi connectivity index (χ1) is 6.66. The van der Waals surface area contributed by atoms with Crippen LogP contribution in [0.3, 0.4) is 0 Å². The van der Waals surface area contributed by atoms with Gasteiger partial charge in [-0.1, -0.05) is 35.3 Å². The second-order valence-electron chi connectivity index (χ2n) is 3.31. The van der Waals surface area contributed by atoms with E-state index >= 15 is 0 Å². The van der Waals surface area contributed by atoms with E-state index in [4.69, 9.17) is 23.2 Å². The predicted octanol–water partition coefficient (Wildman–Crippen LogP) is 3.52. The summed E-state index contributed by atoms with van der Waals surface area (Å²) in [6.07, 6.45) is 2.09. The molecule has 0 aromatic heterocycles. The maximum absolute atomic E-state index is 11.5. The van der Waals surface area contributed by atoms with E-state index in [0.29, 0.717) is 16.5 Å². The third-order valence-electron chi connectivity index (χ3n) is 2.29. The Labute approximate surface area is 92.3 Å². The van der Waals surface area contributed by atoms with Crippen LogP contribution in [0.2, 0.25) is 5.02 Å². The van der Waals surface area contributed by atoms with Gasteiger partial charge in [-0.2, -0.15) is 0 Å². The van der Waals surface area contributed by atoms with Gasteiger partial charge in [-0.25, -0.2) is 0 Å². The van der Waals surface area contributed by atoms with Gasteiger partial charge in [0, 0.05) is 10.1 Å². The molecular formula is C11H8Cl2O. The molecule has 0 fully saturated rings. The van der Waals surface area contributed by atoms with Gasteiger partial charge in [0.1, 0.15) is 0 Å². The van der Waals surface area contributed by atoms with Crippen LogP contribution in [-0.4, -0.2) is 5.78 Å². The molecule has 1 aliphatic rings. The first-order valence-corrected chi connectivity index (χ1v) is 5.08. The van der Waals surface area contributed by atoms with Gasteiger partial charge < -0.3 is 0 Å². The highest BCUT2D eigenvalue weighted by Crippen LogP contribution is 2.33. The average molecular weight is 227 g/mol. The molecule has 2 rings (SSSR count). The molecule has 0 N–H and O–H groups in total. The average Bonchev–Trinajstić information content (AvgIpc) is 2.45. The van der Waals surface area contributed by atoms with Crippen LogP contribution < -0.4 is 0 Å². The third kappa shape index (κ3) is 1.84. The summed E-state index contributed by atoms with van der Waals surface area (Å²) in [5, 5.41) is 1.28. The lowest BCUT2D eigenvalue weighted by molar-refractivity contribution is -0.115. The number of hydrogen-bond acceptors (Lipinski definition) is 1. The first kappa shape index (κ1) is 9.75. The van der Waals surface area contributed by atoms with Crippen molar-refractivity contribution in [1.29, 1.82) is 0 Å². The molecular weight excluding hydrogens is 219 g/mol. The van der Waals surface area contributed by atoms with E-state index < -0.39 is 0 Å². The van der Waals surface area contributed by atoms with Crippen molar-refractivity contribution in [2.24, 2.45) is 0 Å². The summed E-state index contributed by atoms with van der Waals surface area (Å²) in [4.78, 5) is 11.5. The van der Waals surface area contributed by atoms with Crippen molar-refractivity contribution in [3.05, 3.63) is 46.0 Å². The highest BCUT2D eigenvalue weighted by Gasteiger charge is 2.25. The maximum atomic E-state index is 11.5. The van der Waals surface area contributed by atoms with Gasteiger partial charge in [-0.15, -0.1) is 0 Å². The third-order valence-corrected chi connectivity index (χ3v) is 2.79. The topological polar surface area (TPSA) is 17.1 Å². The molecule has 0 heterocycles. The van der Waals surface area contributed by atoms with E-state index in [1.165, 1.54) is 6.08 Å². The number of allylic oxidation sites excluding steroid dienone is 2. The summed E-state index contributed by atoms with van der Waals surface area (Å²) >= 11 is 11.6. The molecule has 0 saturated heterocycles. The summed E-state index contributed by atoms with van der Waals surface area (Å²) in [6, 6.07) is 7.35. The molecule has 0 radical (unpaired) electrons. The minimum atomic E-state index is -0.138. The summed E-state index contributed by atoms with van der Waals surface area (Å²) < 4.78 is 0.